The number of fused-ring (bicyclic) bond motifs is 1. The van der Waals surface area contributed by atoms with E-state index in [0.717, 1.165) is 38.5 Å². The van der Waals surface area contributed by atoms with Gasteiger partial charge in [0.15, 0.2) is 5.13 Å². The number of hydrogen-bond donors (Lipinski definition) is 0. The fraction of sp³-hybridized carbons (Fsp3) is 0.233. The molecule has 2 heterocycles. The summed E-state index contributed by atoms with van der Waals surface area (Å²) in [4.78, 5) is 21.2. The molecule has 0 fully saturated rings. The number of anilines is 1. The lowest BCUT2D eigenvalue weighted by Crippen LogP contribution is -2.38. The van der Waals surface area contributed by atoms with Crippen LogP contribution in [0.15, 0.2) is 84.9 Å². The number of aromatic nitrogens is 3. The zero-order chi connectivity index (χ0) is 25.8. The number of nitrogens with zero attached hydrogens (tertiary/aromatic N) is 4. The van der Waals surface area contributed by atoms with E-state index in [-0.39, 0.29) is 5.91 Å². The summed E-state index contributed by atoms with van der Waals surface area (Å²) in [6.45, 7) is 7.54. The number of para-hydroxylation sites is 1. The van der Waals surface area contributed by atoms with Crippen LogP contribution in [0, 0.1) is 13.8 Å². The van der Waals surface area contributed by atoms with Gasteiger partial charge in [-0.05, 0) is 50.1 Å². The van der Waals surface area contributed by atoms with Crippen molar-refractivity contribution in [3.05, 3.63) is 107 Å². The average molecular weight is 511 g/mol. The third kappa shape index (κ3) is 5.27. The molecule has 0 saturated carbocycles. The average Bonchev–Trinajstić information content (AvgIpc) is 3.48. The third-order valence-electron chi connectivity index (χ3n) is 6.32. The Morgan fingerprint density at radius 2 is 1.65 bits per heavy atom. The molecule has 37 heavy (non-hydrogen) atoms. The molecule has 0 aliphatic rings. The van der Waals surface area contributed by atoms with E-state index in [9.17, 15) is 4.79 Å². The smallest absolute Gasteiger partial charge is 0.240 e. The number of aryl methyl sites for hydroxylation is 2. The predicted molar refractivity (Wildman–Crippen MR) is 150 cm³/mol. The van der Waals surface area contributed by atoms with E-state index in [2.05, 4.69) is 11.2 Å². The summed E-state index contributed by atoms with van der Waals surface area (Å²) in [5.41, 5.74) is 4.71. The molecule has 0 radical (unpaired) electrons. The van der Waals surface area contributed by atoms with E-state index in [4.69, 9.17) is 9.72 Å². The highest BCUT2D eigenvalue weighted by Crippen LogP contribution is 2.36. The number of benzene rings is 3. The first kappa shape index (κ1) is 24.7. The summed E-state index contributed by atoms with van der Waals surface area (Å²) in [7, 11) is 0. The van der Waals surface area contributed by atoms with E-state index < -0.39 is 5.92 Å². The van der Waals surface area contributed by atoms with Crippen molar-refractivity contribution >= 4 is 32.6 Å². The highest BCUT2D eigenvalue weighted by atomic mass is 32.1. The predicted octanol–water partition coefficient (Wildman–Crippen LogP) is 6.37. The van der Waals surface area contributed by atoms with Crippen LogP contribution < -0.4 is 9.64 Å². The third-order valence-corrected chi connectivity index (χ3v) is 7.36. The van der Waals surface area contributed by atoms with Gasteiger partial charge in [-0.15, -0.1) is 0 Å². The van der Waals surface area contributed by atoms with Gasteiger partial charge in [0.25, 0.3) is 0 Å². The van der Waals surface area contributed by atoms with Gasteiger partial charge in [-0.25, -0.2) is 4.98 Å². The monoisotopic (exact) mass is 510 g/mol. The maximum atomic E-state index is 14.5. The van der Waals surface area contributed by atoms with Gasteiger partial charge >= 0.3 is 0 Å². The summed E-state index contributed by atoms with van der Waals surface area (Å²) < 4.78 is 8.77. The molecule has 0 aliphatic carbocycles. The van der Waals surface area contributed by atoms with Gasteiger partial charge in [-0.3, -0.25) is 14.4 Å². The summed E-state index contributed by atoms with van der Waals surface area (Å²) in [6.07, 6.45) is 0. The molecule has 2 aromatic heterocycles. The molecule has 6 nitrogen and oxygen atoms in total. The van der Waals surface area contributed by atoms with Crippen LogP contribution in [-0.2, 0) is 11.3 Å². The molecule has 0 aliphatic heterocycles. The molecule has 0 unspecified atom stereocenters. The largest absolute Gasteiger partial charge is 0.492 e. The molecule has 5 rings (SSSR count). The fourth-order valence-corrected chi connectivity index (χ4v) is 5.63. The normalized spacial score (nSPS) is 11.2. The molecular weight excluding hydrogens is 480 g/mol. The quantitative estimate of drug-likeness (QED) is 0.231. The lowest BCUT2D eigenvalue weighted by molar-refractivity contribution is -0.119. The second-order valence-corrected chi connectivity index (χ2v) is 9.94. The Labute approximate surface area is 221 Å². The van der Waals surface area contributed by atoms with Crippen LogP contribution in [0.4, 0.5) is 5.13 Å². The summed E-state index contributed by atoms with van der Waals surface area (Å²) >= 11 is 1.51. The Kier molecular flexibility index (Phi) is 7.32. The lowest BCUT2D eigenvalue weighted by atomic mass is 9.90. The fourth-order valence-electron chi connectivity index (χ4n) is 4.62. The molecule has 0 saturated heterocycles. The van der Waals surface area contributed by atoms with Crippen LogP contribution in [0.5, 0.6) is 5.75 Å². The maximum absolute atomic E-state index is 14.5. The van der Waals surface area contributed by atoms with Crippen LogP contribution in [0.25, 0.3) is 10.2 Å². The van der Waals surface area contributed by atoms with E-state index in [1.54, 1.807) is 0 Å². The van der Waals surface area contributed by atoms with Crippen LogP contribution in [0.1, 0.15) is 35.4 Å². The first-order valence-electron chi connectivity index (χ1n) is 12.5. The van der Waals surface area contributed by atoms with Gasteiger partial charge in [0, 0.05) is 12.2 Å². The van der Waals surface area contributed by atoms with Crippen molar-refractivity contribution in [2.24, 2.45) is 0 Å². The number of hydrogen-bond acceptors (Lipinski definition) is 5. The Bertz CT molecular complexity index is 1450. The van der Waals surface area contributed by atoms with Crippen molar-refractivity contribution in [2.45, 2.75) is 33.2 Å². The Balaban J connectivity index is 1.59. The maximum Gasteiger partial charge on any atom is 0.240 e. The highest BCUT2D eigenvalue weighted by molar-refractivity contribution is 7.22. The summed E-state index contributed by atoms with van der Waals surface area (Å²) in [6, 6.07) is 27.9. The lowest BCUT2D eigenvalue weighted by Gasteiger charge is -2.26. The molecule has 5 aromatic rings. The van der Waals surface area contributed by atoms with Crippen LogP contribution in [0.2, 0.25) is 0 Å². The van der Waals surface area contributed by atoms with Crippen LogP contribution in [-0.4, -0.2) is 33.8 Å². The van der Waals surface area contributed by atoms with Gasteiger partial charge in [0.2, 0.25) is 5.91 Å². The van der Waals surface area contributed by atoms with E-state index in [1.807, 2.05) is 109 Å². The minimum absolute atomic E-state index is 0.0176. The highest BCUT2D eigenvalue weighted by Gasteiger charge is 2.30. The van der Waals surface area contributed by atoms with Gasteiger partial charge in [-0.2, -0.15) is 5.10 Å². The van der Waals surface area contributed by atoms with Gasteiger partial charge in [0.05, 0.1) is 29.5 Å². The second-order valence-electron chi connectivity index (χ2n) is 8.93. The molecule has 0 N–H and O–H groups in total. The minimum atomic E-state index is -0.457. The zero-order valence-corrected chi connectivity index (χ0v) is 22.1. The van der Waals surface area contributed by atoms with Crippen molar-refractivity contribution in [2.75, 3.05) is 18.1 Å². The molecule has 0 bridgehead atoms. The summed E-state index contributed by atoms with van der Waals surface area (Å²) in [5.74, 6) is 0.258. The van der Waals surface area contributed by atoms with E-state index >= 15 is 0 Å². The number of carbonyl (C=O) groups is 1. The van der Waals surface area contributed by atoms with Crippen LogP contribution >= 0.6 is 11.3 Å². The number of amides is 1. The van der Waals surface area contributed by atoms with Crippen molar-refractivity contribution in [3.8, 4) is 5.75 Å². The Morgan fingerprint density at radius 3 is 2.24 bits per heavy atom. The topological polar surface area (TPSA) is 60.2 Å². The van der Waals surface area contributed by atoms with E-state index in [0.29, 0.717) is 24.8 Å². The standard InChI is InChI=1S/C30H30N4O2S/c1-4-36-25-16-11-17-26-28(25)31-30(37-26)33(18-19-34-22(3)20-21(2)32-34)29(35)27(23-12-7-5-8-13-23)24-14-9-6-10-15-24/h5-17,20,27H,4,18-19H2,1-3H3. The molecular formula is C30H30N4O2S. The first-order chi connectivity index (χ1) is 18.0. The Morgan fingerprint density at radius 1 is 0.973 bits per heavy atom. The molecule has 0 spiro atoms. The van der Waals surface area contributed by atoms with Crippen molar-refractivity contribution in [1.29, 1.82) is 0 Å². The van der Waals surface area contributed by atoms with Crippen LogP contribution in [0.3, 0.4) is 0 Å². The van der Waals surface area contributed by atoms with Crippen molar-refractivity contribution < 1.29 is 9.53 Å². The number of rotatable bonds is 9. The molecule has 0 atom stereocenters. The molecule has 7 heteroatoms. The van der Waals surface area contributed by atoms with Gasteiger partial charge in [-0.1, -0.05) is 78.1 Å². The molecule has 3 aromatic carbocycles. The van der Waals surface area contributed by atoms with Gasteiger partial charge < -0.3 is 4.74 Å². The number of ether oxygens (including phenoxy) is 1. The van der Waals surface area contributed by atoms with Gasteiger partial charge in [0.1, 0.15) is 11.3 Å². The molecule has 1 amide bonds. The summed E-state index contributed by atoms with van der Waals surface area (Å²) in [5, 5.41) is 5.28. The minimum Gasteiger partial charge on any atom is -0.492 e. The van der Waals surface area contributed by atoms with Crippen molar-refractivity contribution in [3.63, 3.8) is 0 Å². The first-order valence-corrected chi connectivity index (χ1v) is 13.3. The number of thiazole rings is 1. The SMILES string of the molecule is CCOc1cccc2sc(N(CCn3nc(C)cc3C)C(=O)C(c3ccccc3)c3ccccc3)nc12. The molecule has 188 valence electrons. The van der Waals surface area contributed by atoms with Crippen molar-refractivity contribution in [1.82, 2.24) is 14.8 Å². The van der Waals surface area contributed by atoms with E-state index in [1.165, 1.54) is 11.3 Å². The second kappa shape index (κ2) is 11.0. The Hall–Kier alpha value is -3.97. The number of carbonyl (C=O) groups excluding carboxylic acids is 1. The zero-order valence-electron chi connectivity index (χ0n) is 21.3.